The Hall–Kier alpha value is -1.62. The molecule has 1 saturated carbocycles. The number of rotatable bonds is 2. The lowest BCUT2D eigenvalue weighted by molar-refractivity contribution is 0.0256. The number of hydrogen-bond acceptors (Lipinski definition) is 3. The number of ether oxygens (including phenoxy) is 1. The fourth-order valence-corrected chi connectivity index (χ4v) is 3.20. The minimum atomic E-state index is -0.356. The minimum absolute atomic E-state index is 0.0875. The molecule has 0 bridgehead atoms. The molecular formula is C14H18FN3O. The van der Waals surface area contributed by atoms with Crippen LogP contribution in [0.3, 0.4) is 0 Å². The minimum Gasteiger partial charge on any atom is -0.384 e. The second-order valence-electron chi connectivity index (χ2n) is 5.18. The van der Waals surface area contributed by atoms with E-state index in [0.29, 0.717) is 18.2 Å². The summed E-state index contributed by atoms with van der Waals surface area (Å²) in [6.07, 6.45) is 3.58. The number of hydrogen-bond donors (Lipinski definition) is 2. The van der Waals surface area contributed by atoms with Gasteiger partial charge in [-0.2, -0.15) is 0 Å². The van der Waals surface area contributed by atoms with Crippen molar-refractivity contribution in [2.45, 2.75) is 31.4 Å². The lowest BCUT2D eigenvalue weighted by Gasteiger charge is -2.40. The maximum atomic E-state index is 13.3. The largest absolute Gasteiger partial charge is 0.384 e. The van der Waals surface area contributed by atoms with Crippen LogP contribution in [0.15, 0.2) is 18.2 Å². The van der Waals surface area contributed by atoms with E-state index in [-0.39, 0.29) is 17.8 Å². The molecule has 1 aliphatic heterocycles. The maximum Gasteiger partial charge on any atom is 0.125 e. The van der Waals surface area contributed by atoms with Crippen LogP contribution in [0.25, 0.3) is 0 Å². The van der Waals surface area contributed by atoms with E-state index in [2.05, 4.69) is 4.90 Å². The van der Waals surface area contributed by atoms with Crippen molar-refractivity contribution in [2.24, 2.45) is 5.73 Å². The van der Waals surface area contributed by atoms with Crippen LogP contribution < -0.4 is 10.6 Å². The molecule has 102 valence electrons. The molecule has 2 atom stereocenters. The van der Waals surface area contributed by atoms with Gasteiger partial charge in [-0.1, -0.05) is 0 Å². The van der Waals surface area contributed by atoms with Gasteiger partial charge in [0.2, 0.25) is 0 Å². The number of nitrogens with one attached hydrogen (secondary N) is 1. The van der Waals surface area contributed by atoms with Crippen LogP contribution in [0, 0.1) is 11.2 Å². The first kappa shape index (κ1) is 12.4. The zero-order valence-corrected chi connectivity index (χ0v) is 10.7. The van der Waals surface area contributed by atoms with Gasteiger partial charge in [-0.05, 0) is 37.5 Å². The molecule has 5 heteroatoms. The molecule has 1 aliphatic carbocycles. The molecule has 3 N–H and O–H groups in total. The van der Waals surface area contributed by atoms with Crippen LogP contribution >= 0.6 is 0 Å². The van der Waals surface area contributed by atoms with Gasteiger partial charge < -0.3 is 15.4 Å². The summed E-state index contributed by atoms with van der Waals surface area (Å²) in [7, 11) is 0. The van der Waals surface area contributed by atoms with Crippen molar-refractivity contribution in [1.82, 2.24) is 0 Å². The van der Waals surface area contributed by atoms with Crippen LogP contribution in [0.4, 0.5) is 10.1 Å². The normalized spacial score (nSPS) is 26.3. The Bertz CT molecular complexity index is 505. The zero-order valence-electron chi connectivity index (χ0n) is 10.7. The standard InChI is InChI=1S/C14H18FN3O/c15-9-4-5-11(10(8-9)14(16)17)18-6-7-19-13-3-1-2-12(13)18/h4-5,8,12-13H,1-3,6-7H2,(H3,16,17). The Balaban J connectivity index is 1.98. The zero-order chi connectivity index (χ0) is 13.4. The number of morpholine rings is 1. The Kier molecular flexibility index (Phi) is 3.14. The number of nitrogen functional groups attached to an aromatic ring is 1. The number of amidine groups is 1. The number of halogens is 1. The van der Waals surface area contributed by atoms with E-state index in [4.69, 9.17) is 15.9 Å². The molecule has 1 saturated heterocycles. The molecule has 0 amide bonds. The third-order valence-electron chi connectivity index (χ3n) is 4.04. The molecular weight excluding hydrogens is 245 g/mol. The highest BCUT2D eigenvalue weighted by Crippen LogP contribution is 2.34. The summed E-state index contributed by atoms with van der Waals surface area (Å²) in [6, 6.07) is 4.84. The molecule has 1 aromatic rings. The van der Waals surface area contributed by atoms with Crippen molar-refractivity contribution in [3.63, 3.8) is 0 Å². The third-order valence-corrected chi connectivity index (χ3v) is 4.04. The molecule has 4 nitrogen and oxygen atoms in total. The van der Waals surface area contributed by atoms with Crippen LogP contribution in [0.2, 0.25) is 0 Å². The molecule has 0 radical (unpaired) electrons. The second kappa shape index (κ2) is 4.81. The van der Waals surface area contributed by atoms with E-state index in [1.165, 1.54) is 12.1 Å². The molecule has 2 unspecified atom stereocenters. The van der Waals surface area contributed by atoms with E-state index >= 15 is 0 Å². The molecule has 2 aliphatic rings. The highest BCUT2D eigenvalue weighted by Gasteiger charge is 2.37. The first-order valence-corrected chi connectivity index (χ1v) is 6.69. The van der Waals surface area contributed by atoms with Gasteiger partial charge in [-0.15, -0.1) is 0 Å². The average Bonchev–Trinajstić information content (AvgIpc) is 2.86. The topological polar surface area (TPSA) is 62.3 Å². The smallest absolute Gasteiger partial charge is 0.125 e. The van der Waals surface area contributed by atoms with Crippen molar-refractivity contribution in [2.75, 3.05) is 18.1 Å². The van der Waals surface area contributed by atoms with Gasteiger partial charge in [-0.3, -0.25) is 5.41 Å². The predicted octanol–water partition coefficient (Wildman–Crippen LogP) is 1.87. The number of anilines is 1. The molecule has 0 spiro atoms. The maximum absolute atomic E-state index is 13.3. The lowest BCUT2D eigenvalue weighted by atomic mass is 10.1. The van der Waals surface area contributed by atoms with Crippen LogP contribution in [-0.2, 0) is 4.74 Å². The van der Waals surface area contributed by atoms with Crippen molar-refractivity contribution < 1.29 is 9.13 Å². The lowest BCUT2D eigenvalue weighted by Crippen LogP contribution is -2.49. The molecule has 0 aromatic heterocycles. The Morgan fingerprint density at radius 2 is 2.26 bits per heavy atom. The molecule has 19 heavy (non-hydrogen) atoms. The molecule has 2 fully saturated rings. The summed E-state index contributed by atoms with van der Waals surface area (Å²) in [5.74, 6) is -0.444. The predicted molar refractivity (Wildman–Crippen MR) is 72.1 cm³/mol. The molecule has 3 rings (SSSR count). The van der Waals surface area contributed by atoms with E-state index in [1.54, 1.807) is 6.07 Å². The number of nitrogens with two attached hydrogens (primary N) is 1. The summed E-state index contributed by atoms with van der Waals surface area (Å²) < 4.78 is 19.1. The second-order valence-corrected chi connectivity index (χ2v) is 5.18. The van der Waals surface area contributed by atoms with Gasteiger partial charge in [0.25, 0.3) is 0 Å². The first-order chi connectivity index (χ1) is 9.16. The van der Waals surface area contributed by atoms with Gasteiger partial charge in [0, 0.05) is 17.8 Å². The molecule has 1 aromatic carbocycles. The van der Waals surface area contributed by atoms with E-state index in [1.807, 2.05) is 0 Å². The Morgan fingerprint density at radius 3 is 3.05 bits per heavy atom. The number of fused-ring (bicyclic) bond motifs is 1. The quantitative estimate of drug-likeness (QED) is 0.632. The number of benzene rings is 1. The van der Waals surface area contributed by atoms with Gasteiger partial charge in [0.05, 0.1) is 18.8 Å². The SMILES string of the molecule is N=C(N)c1cc(F)ccc1N1CCOC2CCCC21. The van der Waals surface area contributed by atoms with Gasteiger partial charge in [0.15, 0.2) is 0 Å². The number of nitrogens with zero attached hydrogens (tertiary/aromatic N) is 1. The van der Waals surface area contributed by atoms with Crippen molar-refractivity contribution in [3.8, 4) is 0 Å². The summed E-state index contributed by atoms with van der Waals surface area (Å²) in [5.41, 5.74) is 6.92. The van der Waals surface area contributed by atoms with Gasteiger partial charge in [0.1, 0.15) is 11.7 Å². The van der Waals surface area contributed by atoms with E-state index in [0.717, 1.165) is 31.5 Å². The monoisotopic (exact) mass is 263 g/mol. The van der Waals surface area contributed by atoms with E-state index < -0.39 is 0 Å². The van der Waals surface area contributed by atoms with Gasteiger partial charge in [-0.25, -0.2) is 4.39 Å². The fourth-order valence-electron chi connectivity index (χ4n) is 3.20. The Morgan fingerprint density at radius 1 is 1.42 bits per heavy atom. The van der Waals surface area contributed by atoms with Crippen LogP contribution in [0.5, 0.6) is 0 Å². The van der Waals surface area contributed by atoms with Crippen molar-refractivity contribution in [3.05, 3.63) is 29.6 Å². The Labute approximate surface area is 111 Å². The highest BCUT2D eigenvalue weighted by molar-refractivity contribution is 6.00. The third kappa shape index (κ3) is 2.18. The molecule has 1 heterocycles. The van der Waals surface area contributed by atoms with Crippen molar-refractivity contribution >= 4 is 11.5 Å². The van der Waals surface area contributed by atoms with E-state index in [9.17, 15) is 4.39 Å². The van der Waals surface area contributed by atoms with Crippen LogP contribution in [0.1, 0.15) is 24.8 Å². The fraction of sp³-hybridized carbons (Fsp3) is 0.500. The first-order valence-electron chi connectivity index (χ1n) is 6.69. The summed E-state index contributed by atoms with van der Waals surface area (Å²) in [4.78, 5) is 2.23. The summed E-state index contributed by atoms with van der Waals surface area (Å²) in [6.45, 7) is 1.45. The summed E-state index contributed by atoms with van der Waals surface area (Å²) >= 11 is 0. The van der Waals surface area contributed by atoms with Gasteiger partial charge >= 0.3 is 0 Å². The van der Waals surface area contributed by atoms with Crippen molar-refractivity contribution in [1.29, 1.82) is 5.41 Å². The highest BCUT2D eigenvalue weighted by atomic mass is 19.1. The summed E-state index contributed by atoms with van der Waals surface area (Å²) in [5, 5.41) is 7.63. The van der Waals surface area contributed by atoms with Crippen LogP contribution in [-0.4, -0.2) is 31.1 Å². The average molecular weight is 263 g/mol.